The molecule has 2 aliphatic carbocycles. The monoisotopic (exact) mass is 877 g/mol. The van der Waals surface area contributed by atoms with Gasteiger partial charge in [0.25, 0.3) is 0 Å². The molecule has 2 heteroatoms. The van der Waals surface area contributed by atoms with Gasteiger partial charge in [-0.15, -0.1) is 0 Å². The van der Waals surface area contributed by atoms with E-state index >= 15 is 0 Å². The first-order valence-corrected chi connectivity index (χ1v) is 23.8. The molecule has 322 valence electrons. The van der Waals surface area contributed by atoms with E-state index < -0.39 is 5.41 Å². The average Bonchev–Trinajstić information content (AvgIpc) is 3.92. The molecule has 2 aliphatic rings. The average molecular weight is 878 g/mol. The fourth-order valence-electron chi connectivity index (χ4n) is 11.7. The van der Waals surface area contributed by atoms with Crippen LogP contribution in [0.2, 0.25) is 0 Å². The molecular weight excluding hydrogens is 835 g/mol. The Morgan fingerprint density at radius 1 is 0.261 bits per heavy atom. The lowest BCUT2D eigenvalue weighted by Gasteiger charge is -2.35. The molecule has 0 fully saturated rings. The van der Waals surface area contributed by atoms with Gasteiger partial charge in [0.15, 0.2) is 0 Å². The summed E-state index contributed by atoms with van der Waals surface area (Å²) in [5.74, 6) is 0. The molecule has 0 N–H and O–H groups in total. The van der Waals surface area contributed by atoms with Crippen LogP contribution in [0.1, 0.15) is 22.3 Å². The van der Waals surface area contributed by atoms with Crippen LogP contribution in [0.3, 0.4) is 0 Å². The molecule has 0 radical (unpaired) electrons. The van der Waals surface area contributed by atoms with Crippen LogP contribution in [0.15, 0.2) is 265 Å². The van der Waals surface area contributed by atoms with Crippen LogP contribution in [0.4, 0.5) is 17.1 Å². The van der Waals surface area contributed by atoms with Crippen LogP contribution < -0.4 is 4.90 Å². The summed E-state index contributed by atoms with van der Waals surface area (Å²) < 4.78 is 6.46. The molecule has 1 heterocycles. The van der Waals surface area contributed by atoms with Crippen molar-refractivity contribution >= 4 is 39.0 Å². The van der Waals surface area contributed by atoms with Gasteiger partial charge in [-0.2, -0.15) is 0 Å². The minimum absolute atomic E-state index is 0.529. The maximum absolute atomic E-state index is 6.46. The quantitative estimate of drug-likeness (QED) is 0.165. The number of furan rings is 1. The summed E-state index contributed by atoms with van der Waals surface area (Å²) in [5, 5.41) is 2.26. The first-order chi connectivity index (χ1) is 34.2. The molecule has 0 saturated carbocycles. The fourth-order valence-corrected chi connectivity index (χ4v) is 11.7. The Labute approximate surface area is 401 Å². The zero-order valence-corrected chi connectivity index (χ0v) is 37.7. The molecule has 69 heavy (non-hydrogen) atoms. The number of rotatable bonds is 6. The lowest BCUT2D eigenvalue weighted by Crippen LogP contribution is -2.29. The second kappa shape index (κ2) is 15.6. The van der Waals surface area contributed by atoms with Crippen molar-refractivity contribution in [2.75, 3.05) is 4.90 Å². The van der Waals surface area contributed by atoms with E-state index in [0.717, 1.165) is 50.1 Å². The zero-order valence-electron chi connectivity index (χ0n) is 37.7. The van der Waals surface area contributed by atoms with Crippen LogP contribution >= 0.6 is 0 Å². The molecule has 1 aromatic heterocycles. The van der Waals surface area contributed by atoms with E-state index in [-0.39, 0.29) is 0 Å². The van der Waals surface area contributed by atoms with E-state index in [1.165, 1.54) is 77.9 Å². The highest BCUT2D eigenvalue weighted by molar-refractivity contribution is 6.09. The summed E-state index contributed by atoms with van der Waals surface area (Å²) in [6.07, 6.45) is 0. The molecule has 11 aromatic carbocycles. The summed E-state index contributed by atoms with van der Waals surface area (Å²) in [6.45, 7) is 0. The third-order valence-corrected chi connectivity index (χ3v) is 14.7. The molecule has 1 spiro atoms. The van der Waals surface area contributed by atoms with Gasteiger partial charge < -0.3 is 9.32 Å². The summed E-state index contributed by atoms with van der Waals surface area (Å²) in [5.41, 5.74) is 24.4. The molecule has 0 bridgehead atoms. The lowest BCUT2D eigenvalue weighted by molar-refractivity contribution is 0.670. The number of nitrogens with zero attached hydrogens (tertiary/aromatic N) is 1. The van der Waals surface area contributed by atoms with Gasteiger partial charge in [-0.25, -0.2) is 0 Å². The van der Waals surface area contributed by atoms with Crippen molar-refractivity contribution in [1.82, 2.24) is 0 Å². The number of hydrogen-bond acceptors (Lipinski definition) is 2. The highest BCUT2D eigenvalue weighted by Crippen LogP contribution is 2.61. The zero-order chi connectivity index (χ0) is 45.5. The Morgan fingerprint density at radius 2 is 0.667 bits per heavy atom. The highest BCUT2D eigenvalue weighted by atomic mass is 16.3. The largest absolute Gasteiger partial charge is 0.455 e. The molecule has 0 aliphatic heterocycles. The second-order valence-electron chi connectivity index (χ2n) is 18.3. The molecular formula is C67H43NO. The Hall–Kier alpha value is -8.98. The van der Waals surface area contributed by atoms with Crippen molar-refractivity contribution in [2.45, 2.75) is 5.41 Å². The predicted octanol–water partition coefficient (Wildman–Crippen LogP) is 18.1. The van der Waals surface area contributed by atoms with Gasteiger partial charge in [-0.1, -0.05) is 212 Å². The molecule has 12 aromatic rings. The SMILES string of the molecule is c1ccc(-c2ccc(N(c3ccc(-c4ccc5c(c4)C4(c6ccccc6-c6ccccc6-c6ccccc64)c4ccccc4-5)cc3)c3ccc(-c4cccc5c4oc4ccccc45)cc3)cc2)cc1. The standard InChI is InChI=1S/C67H43NO/c1-2-15-44(16-3-1)45-29-36-49(37-30-45)68(51-40-33-47(34-41-51)52-23-14-24-60-59-22-9-13-28-65(59)69-66(52)60)50-38-31-46(32-39-50)48-35-42-58-57-21-8-12-27-63(57)67(64(58)43-48)61-25-10-6-19-55(61)53-17-4-5-18-54(53)56-20-7-11-26-62(56)67/h1-43H. The smallest absolute Gasteiger partial charge is 0.143 e. The van der Waals surface area contributed by atoms with Crippen LogP contribution in [0.5, 0.6) is 0 Å². The first kappa shape index (κ1) is 39.2. The van der Waals surface area contributed by atoms with Crippen molar-refractivity contribution in [2.24, 2.45) is 0 Å². The molecule has 0 atom stereocenters. The second-order valence-corrected chi connectivity index (χ2v) is 18.3. The molecule has 0 saturated heterocycles. The third-order valence-electron chi connectivity index (χ3n) is 14.7. The predicted molar refractivity (Wildman–Crippen MR) is 286 cm³/mol. The lowest BCUT2D eigenvalue weighted by atomic mass is 9.65. The van der Waals surface area contributed by atoms with E-state index in [9.17, 15) is 0 Å². The van der Waals surface area contributed by atoms with E-state index in [0.29, 0.717) is 0 Å². The van der Waals surface area contributed by atoms with Gasteiger partial charge in [-0.05, 0) is 132 Å². The minimum Gasteiger partial charge on any atom is -0.455 e. The normalized spacial score (nSPS) is 12.8. The van der Waals surface area contributed by atoms with Crippen LogP contribution in [-0.4, -0.2) is 0 Å². The van der Waals surface area contributed by atoms with E-state index in [1.807, 2.05) is 12.1 Å². The van der Waals surface area contributed by atoms with E-state index in [4.69, 9.17) is 4.42 Å². The Bertz CT molecular complexity index is 3870. The van der Waals surface area contributed by atoms with Gasteiger partial charge in [0.05, 0.1) is 5.41 Å². The topological polar surface area (TPSA) is 16.4 Å². The third kappa shape index (κ3) is 5.99. The molecule has 0 amide bonds. The molecule has 14 rings (SSSR count). The minimum atomic E-state index is -0.529. The summed E-state index contributed by atoms with van der Waals surface area (Å²) >= 11 is 0. The summed E-state index contributed by atoms with van der Waals surface area (Å²) in [7, 11) is 0. The van der Waals surface area contributed by atoms with Gasteiger partial charge in [0, 0.05) is 33.4 Å². The maximum Gasteiger partial charge on any atom is 0.143 e. The van der Waals surface area contributed by atoms with Gasteiger partial charge >= 0.3 is 0 Å². The van der Waals surface area contributed by atoms with Gasteiger partial charge in [-0.3, -0.25) is 0 Å². The molecule has 0 unspecified atom stereocenters. The van der Waals surface area contributed by atoms with Crippen LogP contribution in [-0.2, 0) is 5.41 Å². The first-order valence-electron chi connectivity index (χ1n) is 23.8. The van der Waals surface area contributed by atoms with Gasteiger partial charge in [0.1, 0.15) is 11.2 Å². The Balaban J connectivity index is 0.892. The van der Waals surface area contributed by atoms with E-state index in [2.05, 4.69) is 254 Å². The van der Waals surface area contributed by atoms with Crippen molar-refractivity contribution in [3.63, 3.8) is 0 Å². The van der Waals surface area contributed by atoms with Crippen molar-refractivity contribution < 1.29 is 4.42 Å². The molecule has 2 nitrogen and oxygen atoms in total. The number of benzene rings is 11. The maximum atomic E-state index is 6.46. The van der Waals surface area contributed by atoms with Crippen molar-refractivity contribution in [3.05, 3.63) is 283 Å². The Kier molecular flexibility index (Phi) is 8.84. The van der Waals surface area contributed by atoms with Crippen LogP contribution in [0.25, 0.3) is 88.7 Å². The number of hydrogen-bond donors (Lipinski definition) is 0. The van der Waals surface area contributed by atoms with Gasteiger partial charge in [0.2, 0.25) is 0 Å². The highest BCUT2D eigenvalue weighted by Gasteiger charge is 2.49. The van der Waals surface area contributed by atoms with Crippen LogP contribution in [0, 0.1) is 0 Å². The number of para-hydroxylation sites is 2. The van der Waals surface area contributed by atoms with Crippen molar-refractivity contribution in [3.8, 4) is 66.8 Å². The fraction of sp³-hybridized carbons (Fsp3) is 0.0149. The number of fused-ring (bicyclic) bond motifs is 15. The number of anilines is 3. The Morgan fingerprint density at radius 3 is 1.26 bits per heavy atom. The summed E-state index contributed by atoms with van der Waals surface area (Å²) in [6, 6.07) is 95.6. The van der Waals surface area contributed by atoms with E-state index in [1.54, 1.807) is 0 Å². The van der Waals surface area contributed by atoms with Crippen molar-refractivity contribution in [1.29, 1.82) is 0 Å². The summed E-state index contributed by atoms with van der Waals surface area (Å²) in [4.78, 5) is 2.36.